The number of hydrogen-bond donors (Lipinski definition) is 3. The number of carbonyl (C=O) groups is 1. The molecule has 5 nitrogen and oxygen atoms in total. The van der Waals surface area contributed by atoms with E-state index < -0.39 is 12.1 Å². The molecule has 0 bridgehead atoms. The molecule has 1 unspecified atom stereocenters. The van der Waals surface area contributed by atoms with Gasteiger partial charge in [-0.1, -0.05) is 42.5 Å². The van der Waals surface area contributed by atoms with E-state index in [1.807, 2.05) is 71.0 Å². The van der Waals surface area contributed by atoms with E-state index in [9.17, 15) is 19.4 Å². The van der Waals surface area contributed by atoms with Crippen molar-refractivity contribution in [3.05, 3.63) is 93.8 Å². The molecule has 0 aromatic heterocycles. The molecule has 2 atom stereocenters. The van der Waals surface area contributed by atoms with Crippen LogP contribution in [0.15, 0.2) is 54.6 Å². The van der Waals surface area contributed by atoms with Crippen LogP contribution >= 0.6 is 0 Å². The van der Waals surface area contributed by atoms with E-state index in [4.69, 9.17) is 4.74 Å². The van der Waals surface area contributed by atoms with E-state index in [1.165, 1.54) is 0 Å². The molecule has 3 aromatic carbocycles. The molecule has 3 rings (SSSR count). The Bertz CT molecular complexity index is 1250. The molecular formula is C31H38FNO4. The Morgan fingerprint density at radius 2 is 1.73 bits per heavy atom. The fourth-order valence-electron chi connectivity index (χ4n) is 4.56. The largest absolute Gasteiger partial charge is 0.478 e. The van der Waals surface area contributed by atoms with Crippen LogP contribution in [0.1, 0.15) is 65.1 Å². The highest BCUT2D eigenvalue weighted by molar-refractivity contribution is 5.91. The van der Waals surface area contributed by atoms with Crippen LogP contribution < -0.4 is 5.32 Å². The summed E-state index contributed by atoms with van der Waals surface area (Å²) in [5, 5.41) is 23.4. The van der Waals surface area contributed by atoms with E-state index in [0.717, 1.165) is 33.4 Å². The summed E-state index contributed by atoms with van der Waals surface area (Å²) in [4.78, 5) is 11.5. The quantitative estimate of drug-likeness (QED) is 0.289. The van der Waals surface area contributed by atoms with Gasteiger partial charge in [-0.15, -0.1) is 0 Å². The summed E-state index contributed by atoms with van der Waals surface area (Å²) in [6, 6.07) is 16.7. The van der Waals surface area contributed by atoms with Gasteiger partial charge in [0.25, 0.3) is 0 Å². The summed E-state index contributed by atoms with van der Waals surface area (Å²) in [6.07, 6.45) is -0.378. The smallest absolute Gasteiger partial charge is 0.335 e. The number of rotatable bonds is 11. The Kier molecular flexibility index (Phi) is 9.24. The molecule has 0 heterocycles. The molecular weight excluding hydrogens is 469 g/mol. The summed E-state index contributed by atoms with van der Waals surface area (Å²) >= 11 is 0. The van der Waals surface area contributed by atoms with Crippen molar-refractivity contribution in [3.63, 3.8) is 0 Å². The SMILES string of the molecule is Cc1ccc(CC(C)(C)NC[C@@H](O)COC(C)c2ccccc2-c2ccc(C(=O)O)c(C)c2C)cc1F. The molecule has 3 aromatic rings. The number of carboxylic acids is 1. The van der Waals surface area contributed by atoms with Gasteiger partial charge in [0.15, 0.2) is 0 Å². The molecule has 0 amide bonds. The second kappa shape index (κ2) is 12.0. The molecule has 198 valence electrons. The van der Waals surface area contributed by atoms with Gasteiger partial charge < -0.3 is 20.3 Å². The van der Waals surface area contributed by atoms with Gasteiger partial charge in [-0.25, -0.2) is 9.18 Å². The summed E-state index contributed by atoms with van der Waals surface area (Å²) in [5.41, 5.74) is 6.06. The van der Waals surface area contributed by atoms with E-state index in [0.29, 0.717) is 24.1 Å². The van der Waals surface area contributed by atoms with E-state index in [1.54, 1.807) is 25.1 Å². The Balaban J connectivity index is 1.63. The minimum absolute atomic E-state index is 0.147. The zero-order valence-corrected chi connectivity index (χ0v) is 22.6. The molecule has 0 aliphatic heterocycles. The molecule has 0 spiro atoms. The van der Waals surface area contributed by atoms with Crippen LogP contribution in [0.4, 0.5) is 4.39 Å². The number of β-amino-alcohol motifs (C(OH)–C–C–N with tert-alkyl or cyclic N) is 1. The highest BCUT2D eigenvalue weighted by Crippen LogP contribution is 2.34. The van der Waals surface area contributed by atoms with Gasteiger partial charge in [0.1, 0.15) is 5.82 Å². The Morgan fingerprint density at radius 1 is 1.03 bits per heavy atom. The number of benzene rings is 3. The highest BCUT2D eigenvalue weighted by atomic mass is 19.1. The van der Waals surface area contributed by atoms with Gasteiger partial charge in [0.05, 0.1) is 24.4 Å². The van der Waals surface area contributed by atoms with E-state index in [2.05, 4.69) is 5.32 Å². The number of aromatic carboxylic acids is 1. The molecule has 6 heteroatoms. The maximum atomic E-state index is 13.9. The lowest BCUT2D eigenvalue weighted by atomic mass is 9.90. The number of halogens is 1. The summed E-state index contributed by atoms with van der Waals surface area (Å²) in [5.74, 6) is -1.15. The van der Waals surface area contributed by atoms with Crippen LogP contribution in [0.2, 0.25) is 0 Å². The third-order valence-electron chi connectivity index (χ3n) is 6.94. The molecule has 0 aliphatic rings. The van der Waals surface area contributed by atoms with Crippen molar-refractivity contribution >= 4 is 5.97 Å². The third kappa shape index (κ3) is 7.25. The summed E-state index contributed by atoms with van der Waals surface area (Å²) in [7, 11) is 0. The van der Waals surface area contributed by atoms with Gasteiger partial charge >= 0.3 is 5.97 Å². The maximum Gasteiger partial charge on any atom is 0.335 e. The van der Waals surface area contributed by atoms with Gasteiger partial charge in [-0.2, -0.15) is 0 Å². The van der Waals surface area contributed by atoms with Crippen molar-refractivity contribution in [2.75, 3.05) is 13.2 Å². The monoisotopic (exact) mass is 507 g/mol. The minimum Gasteiger partial charge on any atom is -0.478 e. The number of aryl methyl sites for hydroxylation is 1. The zero-order valence-electron chi connectivity index (χ0n) is 22.6. The molecule has 3 N–H and O–H groups in total. The zero-order chi connectivity index (χ0) is 27.3. The minimum atomic E-state index is -0.936. The van der Waals surface area contributed by atoms with E-state index in [-0.39, 0.29) is 24.1 Å². The van der Waals surface area contributed by atoms with E-state index >= 15 is 0 Å². The second-order valence-corrected chi connectivity index (χ2v) is 10.5. The first-order valence-electron chi connectivity index (χ1n) is 12.6. The molecule has 0 aliphatic carbocycles. The first kappa shape index (κ1) is 28.5. The predicted octanol–water partition coefficient (Wildman–Crippen LogP) is 6.17. The van der Waals surface area contributed by atoms with Crippen LogP contribution in [-0.4, -0.2) is 41.0 Å². The molecule has 0 saturated heterocycles. The number of hydrogen-bond acceptors (Lipinski definition) is 4. The molecule has 0 fully saturated rings. The number of aliphatic hydroxyl groups is 1. The standard InChI is InChI=1S/C31H38FNO4/c1-19-11-12-23(15-29(19)32)16-31(5,6)33-17-24(34)18-37-22(4)27-9-7-8-10-28(27)25-13-14-26(30(35)36)21(3)20(25)2/h7-15,22,24,33-34H,16-18H2,1-6H3,(H,35,36)/t22?,24-/m1/s1. The Morgan fingerprint density at radius 3 is 2.41 bits per heavy atom. The first-order chi connectivity index (χ1) is 17.4. The lowest BCUT2D eigenvalue weighted by Gasteiger charge is -2.28. The van der Waals surface area contributed by atoms with Gasteiger partial charge in [-0.05, 0) is 99.0 Å². The van der Waals surface area contributed by atoms with Crippen LogP contribution in [0.5, 0.6) is 0 Å². The second-order valence-electron chi connectivity index (χ2n) is 10.5. The van der Waals surface area contributed by atoms with Crippen LogP contribution in [-0.2, 0) is 11.2 Å². The Hall–Kier alpha value is -3.06. The molecule has 37 heavy (non-hydrogen) atoms. The number of carboxylic acid groups (broad SMARTS) is 1. The lowest BCUT2D eigenvalue weighted by Crippen LogP contribution is -2.46. The molecule has 0 radical (unpaired) electrons. The van der Waals surface area contributed by atoms with Gasteiger partial charge in [-0.3, -0.25) is 0 Å². The van der Waals surface area contributed by atoms with Crippen molar-refractivity contribution in [1.29, 1.82) is 0 Å². The first-order valence-corrected chi connectivity index (χ1v) is 12.6. The number of ether oxygens (including phenoxy) is 1. The highest BCUT2D eigenvalue weighted by Gasteiger charge is 2.21. The number of nitrogens with one attached hydrogen (secondary N) is 1. The van der Waals surface area contributed by atoms with Crippen LogP contribution in [0.25, 0.3) is 11.1 Å². The lowest BCUT2D eigenvalue weighted by molar-refractivity contribution is -0.00397. The summed E-state index contributed by atoms with van der Waals surface area (Å²) in [6.45, 7) is 12.0. The van der Waals surface area contributed by atoms with Crippen molar-refractivity contribution in [1.82, 2.24) is 5.32 Å². The van der Waals surface area contributed by atoms with Gasteiger partial charge in [0, 0.05) is 12.1 Å². The van der Waals surface area contributed by atoms with Crippen molar-refractivity contribution in [2.45, 2.75) is 65.7 Å². The Labute approximate surface area is 219 Å². The number of aliphatic hydroxyl groups excluding tert-OH is 1. The fraction of sp³-hybridized carbons (Fsp3) is 0.387. The van der Waals surface area contributed by atoms with Crippen molar-refractivity contribution in [2.24, 2.45) is 0 Å². The van der Waals surface area contributed by atoms with Crippen LogP contribution in [0, 0.1) is 26.6 Å². The fourth-order valence-corrected chi connectivity index (χ4v) is 4.56. The van der Waals surface area contributed by atoms with Gasteiger partial charge in [0.2, 0.25) is 0 Å². The topological polar surface area (TPSA) is 78.8 Å². The van der Waals surface area contributed by atoms with Crippen molar-refractivity contribution in [3.8, 4) is 11.1 Å². The molecule has 0 saturated carbocycles. The maximum absolute atomic E-state index is 13.9. The average molecular weight is 508 g/mol. The predicted molar refractivity (Wildman–Crippen MR) is 146 cm³/mol. The normalized spacial score (nSPS) is 13.4. The van der Waals surface area contributed by atoms with Crippen LogP contribution in [0.3, 0.4) is 0 Å². The summed E-state index contributed by atoms with van der Waals surface area (Å²) < 4.78 is 20.0. The third-order valence-corrected chi connectivity index (χ3v) is 6.94. The van der Waals surface area contributed by atoms with Crippen molar-refractivity contribution < 1.29 is 24.1 Å². The average Bonchev–Trinajstić information content (AvgIpc) is 2.85.